The SMILES string of the molecule is CN(C(N)=O)c1ccccc1C(N)=O. The number of hydrogen-bond acceptors (Lipinski definition) is 2. The van der Waals surface area contributed by atoms with Crippen LogP contribution in [0, 0.1) is 0 Å². The minimum absolute atomic E-state index is 0.272. The molecule has 0 aliphatic rings. The number of amides is 3. The number of carbonyl (C=O) groups is 2. The molecule has 0 atom stereocenters. The molecule has 0 unspecified atom stereocenters. The van der Waals surface area contributed by atoms with E-state index < -0.39 is 11.9 Å². The molecular weight excluding hydrogens is 182 g/mol. The third-order valence-electron chi connectivity index (χ3n) is 1.86. The van der Waals surface area contributed by atoms with Crippen molar-refractivity contribution >= 4 is 17.6 Å². The first-order valence-corrected chi connectivity index (χ1v) is 3.96. The molecule has 0 aromatic heterocycles. The second kappa shape index (κ2) is 3.78. The van der Waals surface area contributed by atoms with Gasteiger partial charge in [0.25, 0.3) is 5.91 Å². The minimum Gasteiger partial charge on any atom is -0.366 e. The topological polar surface area (TPSA) is 89.4 Å². The van der Waals surface area contributed by atoms with Gasteiger partial charge in [-0.05, 0) is 12.1 Å². The van der Waals surface area contributed by atoms with Gasteiger partial charge in [0.2, 0.25) is 0 Å². The highest BCUT2D eigenvalue weighted by molar-refractivity contribution is 6.03. The summed E-state index contributed by atoms with van der Waals surface area (Å²) in [6, 6.07) is 5.86. The van der Waals surface area contributed by atoms with Crippen molar-refractivity contribution in [3.05, 3.63) is 29.8 Å². The Balaban J connectivity index is 3.19. The fourth-order valence-corrected chi connectivity index (χ4v) is 1.09. The van der Waals surface area contributed by atoms with Crippen LogP contribution in [0.25, 0.3) is 0 Å². The Morgan fingerprint density at radius 2 is 1.79 bits per heavy atom. The molecule has 0 heterocycles. The van der Waals surface area contributed by atoms with Crippen LogP contribution in [0.5, 0.6) is 0 Å². The summed E-state index contributed by atoms with van der Waals surface area (Å²) in [6.07, 6.45) is 0. The number of hydrogen-bond donors (Lipinski definition) is 2. The lowest BCUT2D eigenvalue weighted by Gasteiger charge is -2.16. The number of carbonyl (C=O) groups excluding carboxylic acids is 2. The van der Waals surface area contributed by atoms with Crippen molar-refractivity contribution in [2.45, 2.75) is 0 Å². The molecule has 0 saturated heterocycles. The highest BCUT2D eigenvalue weighted by Crippen LogP contribution is 2.17. The summed E-state index contributed by atoms with van der Waals surface area (Å²) in [7, 11) is 1.48. The van der Waals surface area contributed by atoms with Crippen LogP contribution < -0.4 is 16.4 Å². The standard InChI is InChI=1S/C9H11N3O2/c1-12(9(11)14)7-5-3-2-4-6(7)8(10)13/h2-5H,1H3,(H2,10,13)(H2,11,14). The monoisotopic (exact) mass is 193 g/mol. The summed E-state index contributed by atoms with van der Waals surface area (Å²) in [5, 5.41) is 0. The van der Waals surface area contributed by atoms with Gasteiger partial charge in [-0.25, -0.2) is 4.79 Å². The van der Waals surface area contributed by atoms with Crippen LogP contribution in [0.1, 0.15) is 10.4 Å². The molecule has 0 saturated carbocycles. The Labute approximate surface area is 81.3 Å². The maximum Gasteiger partial charge on any atom is 0.319 e. The molecule has 0 bridgehead atoms. The first-order valence-electron chi connectivity index (χ1n) is 3.96. The second-order valence-corrected chi connectivity index (χ2v) is 2.78. The van der Waals surface area contributed by atoms with Crippen molar-refractivity contribution in [1.82, 2.24) is 0 Å². The third kappa shape index (κ3) is 1.82. The Kier molecular flexibility index (Phi) is 2.71. The van der Waals surface area contributed by atoms with E-state index in [-0.39, 0.29) is 5.56 Å². The number of nitrogens with two attached hydrogens (primary N) is 2. The normalized spacial score (nSPS) is 9.50. The number of urea groups is 1. The second-order valence-electron chi connectivity index (χ2n) is 2.78. The van der Waals surface area contributed by atoms with E-state index in [0.29, 0.717) is 5.69 Å². The maximum atomic E-state index is 11.0. The fourth-order valence-electron chi connectivity index (χ4n) is 1.09. The fraction of sp³-hybridized carbons (Fsp3) is 0.111. The molecule has 14 heavy (non-hydrogen) atoms. The first-order chi connectivity index (χ1) is 6.54. The lowest BCUT2D eigenvalue weighted by atomic mass is 10.1. The predicted molar refractivity (Wildman–Crippen MR) is 52.9 cm³/mol. The number of benzene rings is 1. The van der Waals surface area contributed by atoms with Crippen LogP contribution in [-0.4, -0.2) is 19.0 Å². The van der Waals surface area contributed by atoms with Gasteiger partial charge in [-0.3, -0.25) is 9.69 Å². The quantitative estimate of drug-likeness (QED) is 0.707. The van der Waals surface area contributed by atoms with E-state index in [4.69, 9.17) is 11.5 Å². The largest absolute Gasteiger partial charge is 0.366 e. The summed E-state index contributed by atoms with van der Waals surface area (Å²) < 4.78 is 0. The number of para-hydroxylation sites is 1. The molecule has 0 aliphatic carbocycles. The van der Waals surface area contributed by atoms with E-state index in [0.717, 1.165) is 0 Å². The van der Waals surface area contributed by atoms with Crippen LogP contribution >= 0.6 is 0 Å². The van der Waals surface area contributed by atoms with E-state index in [9.17, 15) is 9.59 Å². The molecule has 0 aliphatic heterocycles. The smallest absolute Gasteiger partial charge is 0.319 e. The van der Waals surface area contributed by atoms with Gasteiger partial charge in [-0.1, -0.05) is 12.1 Å². The molecule has 1 rings (SSSR count). The summed E-state index contributed by atoms with van der Waals surface area (Å²) in [5.41, 5.74) is 10.9. The van der Waals surface area contributed by atoms with Crippen LogP contribution in [0.4, 0.5) is 10.5 Å². The van der Waals surface area contributed by atoms with Crippen molar-refractivity contribution in [2.75, 3.05) is 11.9 Å². The zero-order valence-corrected chi connectivity index (χ0v) is 7.73. The Morgan fingerprint density at radius 1 is 1.21 bits per heavy atom. The zero-order chi connectivity index (χ0) is 10.7. The van der Waals surface area contributed by atoms with E-state index in [1.165, 1.54) is 18.0 Å². The molecule has 0 fully saturated rings. The Morgan fingerprint density at radius 3 is 2.29 bits per heavy atom. The average molecular weight is 193 g/mol. The molecular formula is C9H11N3O2. The van der Waals surface area contributed by atoms with Gasteiger partial charge in [-0.15, -0.1) is 0 Å². The Bertz CT molecular complexity index is 376. The van der Waals surface area contributed by atoms with Gasteiger partial charge < -0.3 is 11.5 Å². The van der Waals surface area contributed by atoms with Crippen LogP contribution in [-0.2, 0) is 0 Å². The highest BCUT2D eigenvalue weighted by Gasteiger charge is 2.13. The van der Waals surface area contributed by atoms with E-state index in [2.05, 4.69) is 0 Å². The lowest BCUT2D eigenvalue weighted by Crippen LogP contribution is -2.33. The van der Waals surface area contributed by atoms with E-state index >= 15 is 0 Å². The van der Waals surface area contributed by atoms with Crippen molar-refractivity contribution < 1.29 is 9.59 Å². The summed E-state index contributed by atoms with van der Waals surface area (Å²) in [5.74, 6) is -0.589. The van der Waals surface area contributed by atoms with Gasteiger partial charge >= 0.3 is 6.03 Å². The number of anilines is 1. The number of nitrogens with zero attached hydrogens (tertiary/aromatic N) is 1. The first kappa shape index (κ1) is 10.0. The van der Waals surface area contributed by atoms with E-state index in [1.54, 1.807) is 18.2 Å². The molecule has 74 valence electrons. The number of primary amides is 2. The minimum atomic E-state index is -0.640. The molecule has 0 radical (unpaired) electrons. The van der Waals surface area contributed by atoms with Gasteiger partial charge in [0.15, 0.2) is 0 Å². The molecule has 4 N–H and O–H groups in total. The lowest BCUT2D eigenvalue weighted by molar-refractivity contribution is 0.100. The summed E-state index contributed by atoms with van der Waals surface area (Å²) >= 11 is 0. The van der Waals surface area contributed by atoms with E-state index in [1.807, 2.05) is 0 Å². The van der Waals surface area contributed by atoms with Crippen molar-refractivity contribution in [1.29, 1.82) is 0 Å². The molecule has 1 aromatic carbocycles. The summed E-state index contributed by atoms with van der Waals surface area (Å²) in [4.78, 5) is 23.0. The highest BCUT2D eigenvalue weighted by atomic mass is 16.2. The zero-order valence-electron chi connectivity index (χ0n) is 7.73. The van der Waals surface area contributed by atoms with Crippen LogP contribution in [0.2, 0.25) is 0 Å². The maximum absolute atomic E-state index is 11.0. The van der Waals surface area contributed by atoms with Crippen molar-refractivity contribution in [3.8, 4) is 0 Å². The predicted octanol–water partition coefficient (Wildman–Crippen LogP) is 0.300. The molecule has 0 spiro atoms. The Hall–Kier alpha value is -2.04. The molecule has 5 nitrogen and oxygen atoms in total. The van der Waals surface area contributed by atoms with Crippen molar-refractivity contribution in [2.24, 2.45) is 11.5 Å². The van der Waals surface area contributed by atoms with Gasteiger partial charge in [0, 0.05) is 7.05 Å². The van der Waals surface area contributed by atoms with Gasteiger partial charge in [0.1, 0.15) is 0 Å². The third-order valence-corrected chi connectivity index (χ3v) is 1.86. The molecule has 5 heteroatoms. The van der Waals surface area contributed by atoms with Gasteiger partial charge in [0.05, 0.1) is 11.3 Å². The van der Waals surface area contributed by atoms with Gasteiger partial charge in [-0.2, -0.15) is 0 Å². The molecule has 3 amide bonds. The van der Waals surface area contributed by atoms with Crippen LogP contribution in [0.15, 0.2) is 24.3 Å². The summed E-state index contributed by atoms with van der Waals surface area (Å²) in [6.45, 7) is 0. The van der Waals surface area contributed by atoms with Crippen molar-refractivity contribution in [3.63, 3.8) is 0 Å². The van der Waals surface area contributed by atoms with Crippen LogP contribution in [0.3, 0.4) is 0 Å². The number of rotatable bonds is 2. The molecule has 1 aromatic rings. The average Bonchev–Trinajstić information content (AvgIpc) is 2.16.